The number of hydrogen-bond donors (Lipinski definition) is 6. The smallest absolute Gasteiger partial charge is 0.326 e. The molecule has 1 saturated heterocycles. The highest BCUT2D eigenvalue weighted by atomic mass is 16.5. The van der Waals surface area contributed by atoms with Crippen LogP contribution in [0.3, 0.4) is 0 Å². The molecule has 0 radical (unpaired) electrons. The van der Waals surface area contributed by atoms with Crippen molar-refractivity contribution >= 4 is 41.5 Å². The predicted molar refractivity (Wildman–Crippen MR) is 229 cm³/mol. The second kappa shape index (κ2) is 25.4. The highest BCUT2D eigenvalue weighted by Crippen LogP contribution is 2.30. The first kappa shape index (κ1) is 52.5. The van der Waals surface area contributed by atoms with Gasteiger partial charge < -0.3 is 50.8 Å². The summed E-state index contributed by atoms with van der Waals surface area (Å²) in [6.07, 6.45) is -0.550. The minimum absolute atomic E-state index is 0.00778. The Bertz CT molecular complexity index is 1610. The van der Waals surface area contributed by atoms with Crippen LogP contribution in [0.2, 0.25) is 0 Å². The molecule has 0 spiro atoms. The fourth-order valence-corrected chi connectivity index (χ4v) is 8.21. The molecule has 0 saturated carbocycles. The van der Waals surface area contributed by atoms with Gasteiger partial charge in [0, 0.05) is 40.7 Å². The Morgan fingerprint density at radius 1 is 0.836 bits per heavy atom. The summed E-state index contributed by atoms with van der Waals surface area (Å²) in [6, 6.07) is 3.76. The lowest BCUT2D eigenvalue weighted by atomic mass is 9.89. The third-order valence-electron chi connectivity index (χ3n) is 11.9. The molecule has 17 nitrogen and oxygen atoms in total. The lowest BCUT2D eigenvalue weighted by molar-refractivity contribution is -0.148. The number of nitrogens with one attached hydrogen (secondary N) is 4. The van der Waals surface area contributed by atoms with Gasteiger partial charge >= 0.3 is 11.9 Å². The summed E-state index contributed by atoms with van der Waals surface area (Å²) in [5, 5.41) is 29.9. The van der Waals surface area contributed by atoms with Gasteiger partial charge in [-0.1, -0.05) is 85.2 Å². The van der Waals surface area contributed by atoms with E-state index in [1.54, 1.807) is 61.2 Å². The molecule has 61 heavy (non-hydrogen) atoms. The summed E-state index contributed by atoms with van der Waals surface area (Å²) in [4.78, 5) is 95.6. The maximum Gasteiger partial charge on any atom is 0.326 e. The van der Waals surface area contributed by atoms with Crippen LogP contribution in [0.4, 0.5) is 0 Å². The second-order valence-electron chi connectivity index (χ2n) is 16.9. The Morgan fingerprint density at radius 2 is 1.44 bits per heavy atom. The van der Waals surface area contributed by atoms with Crippen molar-refractivity contribution in [3.63, 3.8) is 0 Å². The van der Waals surface area contributed by atoms with Gasteiger partial charge in [-0.2, -0.15) is 0 Å². The van der Waals surface area contributed by atoms with Gasteiger partial charge in [0.25, 0.3) is 0 Å². The number of likely N-dealkylation sites (tertiary alicyclic amines) is 1. The third-order valence-corrected chi connectivity index (χ3v) is 11.9. The average Bonchev–Trinajstić information content (AvgIpc) is 3.70. The molecule has 10 atom stereocenters. The number of hydrogen-bond acceptors (Lipinski definition) is 10. The maximum atomic E-state index is 14.3. The fraction of sp³-hybridized carbons (Fsp3) is 0.705. The average molecular weight is 861 g/mol. The first-order valence-electron chi connectivity index (χ1n) is 21.4. The van der Waals surface area contributed by atoms with Crippen LogP contribution in [0.5, 0.6) is 0 Å². The monoisotopic (exact) mass is 861 g/mol. The summed E-state index contributed by atoms with van der Waals surface area (Å²) in [6.45, 7) is 13.6. The summed E-state index contributed by atoms with van der Waals surface area (Å²) in [7, 11) is 6.34. The first-order valence-corrected chi connectivity index (χ1v) is 21.4. The summed E-state index contributed by atoms with van der Waals surface area (Å²) >= 11 is 0. The van der Waals surface area contributed by atoms with Crippen molar-refractivity contribution in [3.8, 4) is 0 Å². The minimum Gasteiger partial charge on any atom is -0.481 e. The van der Waals surface area contributed by atoms with Gasteiger partial charge in [-0.05, 0) is 49.6 Å². The van der Waals surface area contributed by atoms with E-state index in [0.717, 1.165) is 0 Å². The van der Waals surface area contributed by atoms with Crippen LogP contribution in [0.1, 0.15) is 92.6 Å². The van der Waals surface area contributed by atoms with Gasteiger partial charge in [-0.3, -0.25) is 28.8 Å². The molecule has 344 valence electrons. The Balaban J connectivity index is 2.33. The van der Waals surface area contributed by atoms with E-state index >= 15 is 0 Å². The molecule has 2 rings (SSSR count). The number of amides is 5. The Hall–Kier alpha value is -4.61. The first-order chi connectivity index (χ1) is 28.7. The highest BCUT2D eigenvalue weighted by molar-refractivity contribution is 5.92. The molecule has 1 heterocycles. The number of methoxy groups -OCH3 is 2. The number of carboxylic acid groups (broad SMARTS) is 2. The topological polar surface area (TPSA) is 233 Å². The highest BCUT2D eigenvalue weighted by Gasteiger charge is 2.43. The van der Waals surface area contributed by atoms with E-state index in [1.165, 1.54) is 14.2 Å². The molecule has 1 aliphatic rings. The van der Waals surface area contributed by atoms with Gasteiger partial charge in [0.2, 0.25) is 29.5 Å². The van der Waals surface area contributed by atoms with E-state index in [4.69, 9.17) is 14.6 Å². The van der Waals surface area contributed by atoms with E-state index in [1.807, 2.05) is 41.5 Å². The normalized spacial score (nSPS) is 18.5. The number of carbonyl (C=O) groups excluding carboxylic acids is 5. The predicted octanol–water partition coefficient (Wildman–Crippen LogP) is 2.45. The number of aliphatic carboxylic acids is 2. The maximum absolute atomic E-state index is 14.3. The zero-order valence-corrected chi connectivity index (χ0v) is 37.9. The van der Waals surface area contributed by atoms with Crippen LogP contribution in [-0.4, -0.2) is 145 Å². The van der Waals surface area contributed by atoms with Gasteiger partial charge in [0.1, 0.15) is 18.1 Å². The molecule has 5 amide bonds. The van der Waals surface area contributed by atoms with Gasteiger partial charge in [-0.25, -0.2) is 4.79 Å². The van der Waals surface area contributed by atoms with Gasteiger partial charge in [0.05, 0.1) is 42.7 Å². The molecule has 1 fully saturated rings. The number of ether oxygens (including phenoxy) is 2. The Labute approximate surface area is 361 Å². The molecule has 1 aromatic carbocycles. The minimum atomic E-state index is -1.49. The fourth-order valence-electron chi connectivity index (χ4n) is 8.21. The molecule has 1 aliphatic heterocycles. The van der Waals surface area contributed by atoms with Gasteiger partial charge in [0.15, 0.2) is 0 Å². The molecule has 1 aromatic rings. The zero-order chi connectivity index (χ0) is 46.1. The molecule has 0 aliphatic carbocycles. The lowest BCUT2D eigenvalue weighted by Gasteiger charge is -2.41. The largest absolute Gasteiger partial charge is 0.481 e. The number of rotatable bonds is 26. The van der Waals surface area contributed by atoms with Crippen LogP contribution in [0.25, 0.3) is 0 Å². The number of carboxylic acids is 2. The number of benzene rings is 1. The van der Waals surface area contributed by atoms with Crippen molar-refractivity contribution in [2.75, 3.05) is 34.9 Å². The van der Waals surface area contributed by atoms with Crippen LogP contribution in [0, 0.1) is 23.7 Å². The molecule has 2 unspecified atom stereocenters. The standard InChI is InChI=1S/C44H72N6O11/c1-12-27(6)38(49(9)43(57)37(26(4)5)48-42(56)36(45-8)25(2)3)33(60-10)24-34(51)50-22-16-19-32(50)39(61-11)28(7)40(54)47-31(23-29-17-14-13-15-18-29)41(55)46-30(44(58)59)20-21-35(52)53/h13-15,17-18,25-28,30-33,36-39,45H,12,16,19-24H2,1-11H3,(H,46,55)(H,47,54)(H,48,56)(H,52,53)(H,58,59)/t27-,28+,30?,31-,32-,33?,36-,37-,38-,39+/m0/s1. The summed E-state index contributed by atoms with van der Waals surface area (Å²) in [5.74, 6) is -6.01. The molecule has 0 aromatic heterocycles. The lowest BCUT2D eigenvalue weighted by Crippen LogP contribution is -2.59. The van der Waals surface area contributed by atoms with Crippen molar-refractivity contribution in [2.24, 2.45) is 23.7 Å². The number of nitrogens with zero attached hydrogens (tertiary/aromatic N) is 2. The second-order valence-corrected chi connectivity index (χ2v) is 16.9. The van der Waals surface area contributed by atoms with E-state index in [9.17, 15) is 38.7 Å². The van der Waals surface area contributed by atoms with E-state index in [0.29, 0.717) is 31.4 Å². The van der Waals surface area contributed by atoms with Crippen LogP contribution < -0.4 is 21.3 Å². The quantitative estimate of drug-likeness (QED) is 0.0789. The van der Waals surface area contributed by atoms with Crippen LogP contribution >= 0.6 is 0 Å². The van der Waals surface area contributed by atoms with Crippen molar-refractivity contribution in [1.82, 2.24) is 31.1 Å². The molecule has 6 N–H and O–H groups in total. The third kappa shape index (κ3) is 15.1. The van der Waals surface area contributed by atoms with E-state index < -0.39 is 84.6 Å². The van der Waals surface area contributed by atoms with E-state index in [-0.39, 0.29) is 54.7 Å². The molecule has 0 bridgehead atoms. The molecular formula is C44H72N6O11. The Kier molecular flexibility index (Phi) is 21.8. The van der Waals surface area contributed by atoms with Crippen molar-refractivity contribution < 1.29 is 53.2 Å². The van der Waals surface area contributed by atoms with Crippen LogP contribution in [-0.2, 0) is 49.5 Å². The molecular weight excluding hydrogens is 789 g/mol. The summed E-state index contributed by atoms with van der Waals surface area (Å²) in [5.41, 5.74) is 0.692. The molecule has 17 heteroatoms. The van der Waals surface area contributed by atoms with Crippen molar-refractivity contribution in [1.29, 1.82) is 0 Å². The van der Waals surface area contributed by atoms with Crippen LogP contribution in [0.15, 0.2) is 30.3 Å². The zero-order valence-electron chi connectivity index (χ0n) is 37.9. The van der Waals surface area contributed by atoms with Gasteiger partial charge in [-0.15, -0.1) is 0 Å². The Morgan fingerprint density at radius 3 is 1.95 bits per heavy atom. The summed E-state index contributed by atoms with van der Waals surface area (Å²) < 4.78 is 11.9. The number of likely N-dealkylation sites (N-methyl/N-ethyl adjacent to an activating group) is 2. The van der Waals surface area contributed by atoms with Crippen molar-refractivity contribution in [3.05, 3.63) is 35.9 Å². The van der Waals surface area contributed by atoms with Crippen molar-refractivity contribution in [2.45, 2.75) is 142 Å². The van der Waals surface area contributed by atoms with E-state index in [2.05, 4.69) is 21.3 Å². The number of carbonyl (C=O) groups is 7. The SMILES string of the molecule is CC[C@H](C)[C@@H](C(CC(=O)N1CCC[C@H]1[C@H](OC)[C@@H](C)C(=O)N[C@@H](Cc1ccccc1)C(=O)NC(CCC(=O)O)C(=O)O)OC)N(C)C(=O)[C@@H](NC(=O)[C@@H](NC)C(C)C)C(C)C.